The van der Waals surface area contributed by atoms with Crippen LogP contribution in [0.25, 0.3) is 0 Å². The second-order valence-corrected chi connectivity index (χ2v) is 6.46. The Morgan fingerprint density at radius 3 is 2.29 bits per heavy atom. The summed E-state index contributed by atoms with van der Waals surface area (Å²) in [6.07, 6.45) is 0. The molecule has 2 rings (SSSR count). The van der Waals surface area contributed by atoms with Crippen LogP contribution in [0.5, 0.6) is 0 Å². The van der Waals surface area contributed by atoms with Crippen LogP contribution in [-0.2, 0) is 0 Å². The minimum Gasteiger partial charge on any atom is -0.143 e. The van der Waals surface area contributed by atoms with Gasteiger partial charge in [0.1, 0.15) is 0 Å². The van der Waals surface area contributed by atoms with Gasteiger partial charge in [0.15, 0.2) is 0 Å². The molecule has 4 heteroatoms. The molecule has 90 valence electrons. The molecular formula is C13H11Cl3S. The summed E-state index contributed by atoms with van der Waals surface area (Å²) in [6, 6.07) is 7.64. The second kappa shape index (κ2) is 5.19. The summed E-state index contributed by atoms with van der Waals surface area (Å²) in [7, 11) is 0. The molecule has 0 amide bonds. The van der Waals surface area contributed by atoms with E-state index in [0.29, 0.717) is 10.0 Å². The number of rotatable bonds is 2. The normalized spacial score (nSPS) is 12.8. The third-order valence-corrected chi connectivity index (χ3v) is 5.24. The molecule has 0 saturated carbocycles. The van der Waals surface area contributed by atoms with Crippen LogP contribution in [0.3, 0.4) is 0 Å². The molecular weight excluding hydrogens is 295 g/mol. The number of benzene rings is 1. The van der Waals surface area contributed by atoms with Gasteiger partial charge < -0.3 is 0 Å². The number of aryl methyl sites for hydroxylation is 2. The molecule has 1 aromatic heterocycles. The van der Waals surface area contributed by atoms with Gasteiger partial charge in [-0.2, -0.15) is 0 Å². The van der Waals surface area contributed by atoms with Crippen molar-refractivity contribution in [1.29, 1.82) is 0 Å². The highest BCUT2D eigenvalue weighted by Gasteiger charge is 2.15. The minimum absolute atomic E-state index is 0.165. The summed E-state index contributed by atoms with van der Waals surface area (Å²) in [5.74, 6) is 0. The summed E-state index contributed by atoms with van der Waals surface area (Å²) in [5, 5.41) is 0.930. The number of hydrogen-bond acceptors (Lipinski definition) is 1. The van der Waals surface area contributed by atoms with Crippen molar-refractivity contribution in [3.63, 3.8) is 0 Å². The molecule has 0 nitrogen and oxygen atoms in total. The van der Waals surface area contributed by atoms with Crippen LogP contribution < -0.4 is 0 Å². The van der Waals surface area contributed by atoms with Crippen molar-refractivity contribution in [3.8, 4) is 0 Å². The van der Waals surface area contributed by atoms with E-state index in [0.717, 1.165) is 10.4 Å². The zero-order valence-corrected chi connectivity index (χ0v) is 12.5. The lowest BCUT2D eigenvalue weighted by atomic mass is 10.1. The van der Waals surface area contributed by atoms with Crippen LogP contribution in [0, 0.1) is 13.8 Å². The first-order valence-electron chi connectivity index (χ1n) is 5.15. The molecule has 0 aliphatic carbocycles. The van der Waals surface area contributed by atoms with Crippen LogP contribution in [0.4, 0.5) is 0 Å². The third kappa shape index (κ3) is 2.79. The second-order valence-electron chi connectivity index (χ2n) is 3.92. The maximum absolute atomic E-state index is 6.45. The van der Waals surface area contributed by atoms with E-state index in [1.165, 1.54) is 10.4 Å². The van der Waals surface area contributed by atoms with Gasteiger partial charge in [-0.1, -0.05) is 29.3 Å². The number of thiophene rings is 1. The summed E-state index contributed by atoms with van der Waals surface area (Å²) in [6.45, 7) is 4.19. The van der Waals surface area contributed by atoms with Crippen molar-refractivity contribution in [1.82, 2.24) is 0 Å². The van der Waals surface area contributed by atoms with E-state index < -0.39 is 0 Å². The van der Waals surface area contributed by atoms with E-state index in [1.807, 2.05) is 12.1 Å². The van der Waals surface area contributed by atoms with Crippen molar-refractivity contribution in [3.05, 3.63) is 55.2 Å². The number of halogens is 3. The average Bonchev–Trinajstić information content (AvgIpc) is 2.62. The third-order valence-electron chi connectivity index (χ3n) is 2.67. The topological polar surface area (TPSA) is 0 Å². The Balaban J connectivity index is 2.36. The quantitative estimate of drug-likeness (QED) is 0.597. The molecule has 0 spiro atoms. The molecule has 1 heterocycles. The summed E-state index contributed by atoms with van der Waals surface area (Å²) >= 11 is 20.1. The predicted octanol–water partition coefficient (Wildman–Crippen LogP) is 6.00. The molecule has 1 atom stereocenters. The molecule has 17 heavy (non-hydrogen) atoms. The standard InChI is InChI=1S/C13H11Cl3S/c1-7-5-12(17-8(7)2)13(16)9-3-4-10(14)11(15)6-9/h3-6,13H,1-2H3. The Morgan fingerprint density at radius 1 is 1.06 bits per heavy atom. The van der Waals surface area contributed by atoms with Gasteiger partial charge in [0, 0.05) is 9.75 Å². The molecule has 0 bridgehead atoms. The Morgan fingerprint density at radius 2 is 1.76 bits per heavy atom. The lowest BCUT2D eigenvalue weighted by molar-refractivity contribution is 1.18. The summed E-state index contributed by atoms with van der Waals surface area (Å²) in [5.41, 5.74) is 2.25. The highest BCUT2D eigenvalue weighted by atomic mass is 35.5. The van der Waals surface area contributed by atoms with Crippen molar-refractivity contribution in [2.75, 3.05) is 0 Å². The molecule has 1 unspecified atom stereocenters. The van der Waals surface area contributed by atoms with Gasteiger partial charge in [0.2, 0.25) is 0 Å². The van der Waals surface area contributed by atoms with Crippen LogP contribution in [-0.4, -0.2) is 0 Å². The van der Waals surface area contributed by atoms with Gasteiger partial charge in [0.05, 0.1) is 15.4 Å². The fourth-order valence-electron chi connectivity index (χ4n) is 1.56. The Bertz CT molecular complexity index is 526. The van der Waals surface area contributed by atoms with E-state index in [4.69, 9.17) is 34.8 Å². The highest BCUT2D eigenvalue weighted by molar-refractivity contribution is 7.12. The monoisotopic (exact) mass is 304 g/mol. The lowest BCUT2D eigenvalue weighted by Crippen LogP contribution is -1.90. The van der Waals surface area contributed by atoms with E-state index in [-0.39, 0.29) is 5.38 Å². The molecule has 1 aromatic carbocycles. The minimum atomic E-state index is -0.165. The van der Waals surface area contributed by atoms with E-state index in [9.17, 15) is 0 Å². The molecule has 0 aliphatic rings. The average molecular weight is 306 g/mol. The molecule has 0 saturated heterocycles. The first-order valence-corrected chi connectivity index (χ1v) is 7.16. The molecule has 0 aliphatic heterocycles. The first kappa shape index (κ1) is 13.2. The van der Waals surface area contributed by atoms with Crippen LogP contribution in [0.2, 0.25) is 10.0 Å². The predicted molar refractivity (Wildman–Crippen MR) is 78.0 cm³/mol. The van der Waals surface area contributed by atoms with Gasteiger partial charge in [-0.05, 0) is 43.2 Å². The molecule has 0 N–H and O–H groups in total. The SMILES string of the molecule is Cc1cc(C(Cl)c2ccc(Cl)c(Cl)c2)sc1C. The van der Waals surface area contributed by atoms with Crippen molar-refractivity contribution >= 4 is 46.1 Å². The summed E-state index contributed by atoms with van der Waals surface area (Å²) in [4.78, 5) is 2.44. The number of hydrogen-bond donors (Lipinski definition) is 0. The zero-order valence-electron chi connectivity index (χ0n) is 9.43. The fraction of sp³-hybridized carbons (Fsp3) is 0.231. The maximum atomic E-state index is 6.45. The largest absolute Gasteiger partial charge is 0.143 e. The highest BCUT2D eigenvalue weighted by Crippen LogP contribution is 2.37. The van der Waals surface area contributed by atoms with Gasteiger partial charge in [0.25, 0.3) is 0 Å². The number of alkyl halides is 1. The smallest absolute Gasteiger partial charge is 0.0928 e. The van der Waals surface area contributed by atoms with Crippen molar-refractivity contribution in [2.45, 2.75) is 19.2 Å². The Kier molecular flexibility index (Phi) is 4.04. The van der Waals surface area contributed by atoms with E-state index >= 15 is 0 Å². The molecule has 0 radical (unpaired) electrons. The Hall–Kier alpha value is -0.210. The lowest BCUT2D eigenvalue weighted by Gasteiger charge is -2.08. The molecule has 0 fully saturated rings. The maximum Gasteiger partial charge on any atom is 0.0928 e. The van der Waals surface area contributed by atoms with Gasteiger partial charge in [-0.15, -0.1) is 22.9 Å². The van der Waals surface area contributed by atoms with Crippen molar-refractivity contribution < 1.29 is 0 Å². The Labute approximate surface area is 120 Å². The van der Waals surface area contributed by atoms with Gasteiger partial charge in [-0.3, -0.25) is 0 Å². The van der Waals surface area contributed by atoms with Gasteiger partial charge in [-0.25, -0.2) is 0 Å². The van der Waals surface area contributed by atoms with Gasteiger partial charge >= 0.3 is 0 Å². The van der Waals surface area contributed by atoms with Crippen molar-refractivity contribution in [2.24, 2.45) is 0 Å². The summed E-state index contributed by atoms with van der Waals surface area (Å²) < 4.78 is 0. The van der Waals surface area contributed by atoms with Crippen LogP contribution >= 0.6 is 46.1 Å². The van der Waals surface area contributed by atoms with Crippen LogP contribution in [0.1, 0.15) is 26.3 Å². The first-order chi connectivity index (χ1) is 7.99. The zero-order chi connectivity index (χ0) is 12.6. The van der Waals surface area contributed by atoms with E-state index in [2.05, 4.69) is 19.9 Å². The fourth-order valence-corrected chi connectivity index (χ4v) is 3.25. The van der Waals surface area contributed by atoms with Crippen LogP contribution in [0.15, 0.2) is 24.3 Å². The van der Waals surface area contributed by atoms with E-state index in [1.54, 1.807) is 17.4 Å². The molecule has 2 aromatic rings.